The van der Waals surface area contributed by atoms with Gasteiger partial charge in [0, 0.05) is 67.2 Å². The maximum atomic E-state index is 9.67. The van der Waals surface area contributed by atoms with E-state index < -0.39 is 34.6 Å². The molecule has 734 valence electrons. The normalized spacial score (nSPS) is 19.0. The molecule has 136 heavy (non-hydrogen) atoms. The molecule has 0 spiro atoms. The average molecular weight is 2120 g/mol. The molecule has 8 aromatic rings. The maximum absolute atomic E-state index is 9.67. The van der Waals surface area contributed by atoms with Crippen LogP contribution in [0.5, 0.6) is 0 Å². The summed E-state index contributed by atoms with van der Waals surface area (Å²) in [5.41, 5.74) is 35.1. The second kappa shape index (κ2) is 52.1. The summed E-state index contributed by atoms with van der Waals surface area (Å²) in [6, 6.07) is 58.4. The number of hydrogen-bond acceptors (Lipinski definition) is 8. The van der Waals surface area contributed by atoms with E-state index in [4.69, 9.17) is 38.8 Å². The number of halogens is 8. The van der Waals surface area contributed by atoms with Crippen LogP contribution < -0.4 is 24.3 Å². The summed E-state index contributed by atoms with van der Waals surface area (Å²) in [7, 11) is 21.1. The van der Waals surface area contributed by atoms with Crippen molar-refractivity contribution in [3.63, 3.8) is 0 Å². The van der Waals surface area contributed by atoms with Crippen molar-refractivity contribution in [2.24, 2.45) is 0 Å². The molecule has 8 nitrogen and oxygen atoms in total. The zero-order chi connectivity index (χ0) is 95.2. The smallest absolute Gasteiger partial charge is 1.00 e. The van der Waals surface area contributed by atoms with E-state index >= 15 is 0 Å². The Morgan fingerprint density at radius 2 is 0.551 bits per heavy atom. The van der Waals surface area contributed by atoms with Gasteiger partial charge < -0.3 is 43.9 Å². The molecule has 0 unspecified atom stereocenters. The molecule has 0 radical (unpaired) electrons. The summed E-state index contributed by atoms with van der Waals surface area (Å²) in [5.74, 6) is 0. The van der Waals surface area contributed by atoms with Gasteiger partial charge in [-0.05, 0) is 293 Å². The predicted molar refractivity (Wildman–Crippen MR) is 573 cm³/mol. The Bertz CT molecular complexity index is 4870. The van der Waals surface area contributed by atoms with E-state index in [1.165, 1.54) is 254 Å². The first kappa shape index (κ1) is 106. The van der Waals surface area contributed by atoms with Crippen molar-refractivity contribution < 1.29 is 44.7 Å². The Balaban J connectivity index is 0.000000133. The van der Waals surface area contributed by atoms with E-state index in [1.807, 2.05) is 48.5 Å². The fraction of sp³-hybridized carbons (Fsp3) is 0.440. The molecule has 13 aliphatic rings. The Hall–Kier alpha value is -7.04. The van der Waals surface area contributed by atoms with E-state index in [2.05, 4.69) is 313 Å². The van der Waals surface area contributed by atoms with Crippen molar-refractivity contribution in [2.75, 3.05) is 26.3 Å². The first-order chi connectivity index (χ1) is 65.3. The van der Waals surface area contributed by atoms with Crippen molar-refractivity contribution in [1.82, 2.24) is 19.6 Å². The van der Waals surface area contributed by atoms with Gasteiger partial charge in [0.2, 0.25) is 0 Å². The van der Waals surface area contributed by atoms with Gasteiger partial charge in [-0.2, -0.15) is 20.0 Å². The van der Waals surface area contributed by atoms with Crippen molar-refractivity contribution in [3.05, 3.63) is 340 Å². The molecule has 7 fully saturated rings. The summed E-state index contributed by atoms with van der Waals surface area (Å²) in [6.45, 7) is 34.2. The van der Waals surface area contributed by atoms with Gasteiger partial charge in [0.1, 0.15) is 0 Å². The van der Waals surface area contributed by atoms with Crippen LogP contribution in [0.15, 0.2) is 219 Å². The van der Waals surface area contributed by atoms with Crippen LogP contribution in [0, 0.1) is 103 Å². The minimum Gasteiger partial charge on any atom is -1.00 e. The number of nitrogens with zero attached hydrogens (tertiary/aromatic N) is 8. The van der Waals surface area contributed by atoms with Crippen LogP contribution in [0.4, 0.5) is 35.7 Å². The third-order valence-corrected chi connectivity index (χ3v) is 40.3. The predicted octanol–water partition coefficient (Wildman–Crippen LogP) is 30.1. The Kier molecular flexibility index (Phi) is 40.7. The summed E-state index contributed by atoms with van der Waals surface area (Å²) >= 11 is -3.76. The van der Waals surface area contributed by atoms with Gasteiger partial charge in [0.05, 0.1) is 23.6 Å². The Morgan fingerprint density at radius 1 is 0.301 bits per heavy atom. The van der Waals surface area contributed by atoms with E-state index in [1.54, 1.807) is 96.3 Å². The molecule has 0 saturated heterocycles. The van der Waals surface area contributed by atoms with Gasteiger partial charge in [-0.3, -0.25) is 12.9 Å². The van der Waals surface area contributed by atoms with Crippen LogP contribution in [0.2, 0.25) is 0 Å². The molecule has 0 bridgehead atoms. The molecule has 21 rings (SSSR count). The van der Waals surface area contributed by atoms with E-state index in [0.29, 0.717) is 18.1 Å². The zero-order valence-corrected chi connectivity index (χ0v) is 90.1. The van der Waals surface area contributed by atoms with Gasteiger partial charge in [-0.25, -0.2) is 0 Å². The van der Waals surface area contributed by atoms with Crippen molar-refractivity contribution >= 4 is 96.3 Å². The summed E-state index contributed by atoms with van der Waals surface area (Å²) in [6.07, 6.45) is 67.7. The largest absolute Gasteiger partial charge is 1.00 e. The maximum Gasteiger partial charge on any atom is -1.00 e. The molecule has 9 aliphatic carbocycles. The fourth-order valence-corrected chi connectivity index (χ4v) is 34.0. The SMILES string of the molecule is C1CCC([PH+](C2CCCCC2)C2CCCCC2)CC1.Cc1cc(C)c(N2C=CN(C3CCCC3)C2)c(C)c1.Cc1cc(C)c(N2C=CN(C3CCCC3)[CH-]2)c(C)c1.Cc1cc(C)c(N2C=CN(C3CCCC3)[CH-]2)c(C)c1.Cc1cc(C)c(N2C=CN(C3CCCC3)[CH-]2)c(C)c1.FB(F)F.[Cl][Ru]([Cl])=[C]1C=C(c2ccccc2)c2ccccc21.[Cl][Ru]([Cl])=[C]1C=C(c2ccccc2)c2ccccc21.[F-]. The van der Waals surface area contributed by atoms with E-state index in [9.17, 15) is 12.9 Å². The van der Waals surface area contributed by atoms with Gasteiger partial charge in [-0.15, -0.1) is 0 Å². The molecule has 0 N–H and O–H groups in total. The van der Waals surface area contributed by atoms with E-state index in [0.717, 1.165) is 20.9 Å². The van der Waals surface area contributed by atoms with Crippen LogP contribution in [0.25, 0.3) is 11.1 Å². The number of anilines is 4. The second-order valence-electron chi connectivity index (χ2n) is 39.7. The van der Waals surface area contributed by atoms with Crippen LogP contribution in [-0.4, -0.2) is 83.2 Å². The molecule has 7 saturated carbocycles. The molecule has 8 aromatic carbocycles. The quantitative estimate of drug-likeness (QED) is 0.0488. The minimum absolute atomic E-state index is 0. The molecular formula is C116H147BCl4F4N8PRu2-3. The Labute approximate surface area is 842 Å². The van der Waals surface area contributed by atoms with Gasteiger partial charge in [-0.1, -0.05) is 141 Å². The van der Waals surface area contributed by atoms with Crippen LogP contribution in [0.1, 0.15) is 299 Å². The summed E-state index contributed by atoms with van der Waals surface area (Å²) in [5, 5.41) is 0. The number of fused-ring (bicyclic) bond motifs is 2. The number of aryl methyl sites for hydroxylation is 12. The fourth-order valence-electron chi connectivity index (χ4n) is 23.8. The molecular weight excluding hydrogens is 1970 g/mol. The van der Waals surface area contributed by atoms with Crippen LogP contribution >= 0.6 is 46.7 Å². The van der Waals surface area contributed by atoms with Crippen molar-refractivity contribution in [1.29, 1.82) is 0 Å². The summed E-state index contributed by atoms with van der Waals surface area (Å²) < 4.78 is 31.2. The summed E-state index contributed by atoms with van der Waals surface area (Å²) in [4.78, 5) is 18.9. The van der Waals surface area contributed by atoms with Crippen LogP contribution in [0.3, 0.4) is 0 Å². The third kappa shape index (κ3) is 28.3. The first-order valence-corrected chi connectivity index (χ1v) is 62.8. The molecule has 0 aromatic heterocycles. The van der Waals surface area contributed by atoms with Crippen molar-refractivity contribution in [3.8, 4) is 0 Å². The molecule has 20 heteroatoms. The topological polar surface area (TPSA) is 25.9 Å². The van der Waals surface area contributed by atoms with Gasteiger partial charge in [0.15, 0.2) is 0 Å². The zero-order valence-electron chi connectivity index (χ0n) is 82.6. The molecule has 4 aliphatic heterocycles. The number of allylic oxidation sites excluding steroid dienone is 2. The van der Waals surface area contributed by atoms with E-state index in [-0.39, 0.29) is 12.6 Å². The minimum atomic E-state index is -3.67. The molecule has 0 amide bonds. The van der Waals surface area contributed by atoms with Gasteiger partial charge >= 0.3 is 247 Å². The second-order valence-corrected chi connectivity index (χ2v) is 54.8. The number of hydrogen-bond donors (Lipinski definition) is 0. The Morgan fingerprint density at radius 3 is 0.831 bits per heavy atom. The number of benzene rings is 8. The van der Waals surface area contributed by atoms with Crippen molar-refractivity contribution in [2.45, 2.75) is 323 Å². The molecule has 4 heterocycles. The standard InChI is InChI=1S/C18H33P.C17H24N2.3C17H23N2.2C15H10.BF3.4ClH.FH.2Ru/c1-4-10-16(11-5-1)19(17-12-6-2-7-13-17)18-14-8-3-9-15-18;4*1-13-10-14(2)17(15(3)11-13)19-9-8-18(12-19)16-6-4-5-7-16;2*1-2-6-12(7-3-1)15-11-10-13-8-4-5-9-14(13)15;2-1(3)4;;;;;;;/h16-18H,1-15H2;8-11,16H,4-7,12H2,1-3H3;3*8-12,16H,4-7H2,1-3H3;2*1-9,11H;;5*1H;;/q;;3*-1;;;;;;;;;2*+2/p-4. The third-order valence-electron chi connectivity index (χ3n) is 29.5. The van der Waals surface area contributed by atoms with Gasteiger partial charge in [0.25, 0.3) is 0 Å². The van der Waals surface area contributed by atoms with Crippen LogP contribution in [-0.2, 0) is 27.0 Å². The number of rotatable bonds is 13. The molecule has 0 atom stereocenters. The first-order valence-electron chi connectivity index (χ1n) is 50.4. The average Bonchev–Trinajstić information content (AvgIpc) is 2.42. The monoisotopic (exact) mass is 2110 g/mol.